The van der Waals surface area contributed by atoms with Crippen molar-refractivity contribution in [2.24, 2.45) is 0 Å². The molecule has 21 heavy (non-hydrogen) atoms. The minimum Gasteiger partial charge on any atom is -0.480 e. The molecule has 0 spiro atoms. The summed E-state index contributed by atoms with van der Waals surface area (Å²) in [7, 11) is 1.70. The lowest BCUT2D eigenvalue weighted by atomic mass is 9.95. The fraction of sp³-hybridized carbons (Fsp3) is 0.500. The number of likely N-dealkylation sites (N-methyl/N-ethyl adjacent to an activating group) is 1. The molecule has 1 atom stereocenters. The zero-order valence-corrected chi connectivity index (χ0v) is 12.9. The van der Waals surface area contributed by atoms with E-state index in [0.29, 0.717) is 6.42 Å². The highest BCUT2D eigenvalue weighted by Gasteiger charge is 2.30. The first kappa shape index (κ1) is 15.5. The van der Waals surface area contributed by atoms with Crippen LogP contribution >= 0.6 is 0 Å². The van der Waals surface area contributed by atoms with Gasteiger partial charge in [-0.05, 0) is 52.3 Å². The van der Waals surface area contributed by atoms with Gasteiger partial charge in [0.05, 0.1) is 11.0 Å². The Labute approximate surface area is 125 Å². The highest BCUT2D eigenvalue weighted by molar-refractivity contribution is 5.78. The Morgan fingerprint density at radius 3 is 2.76 bits per heavy atom. The molecule has 1 heterocycles. The van der Waals surface area contributed by atoms with Gasteiger partial charge in [0, 0.05) is 6.54 Å². The minimum atomic E-state index is -0.841. The Kier molecular flexibility index (Phi) is 4.63. The molecular weight excluding hydrogens is 266 g/mol. The summed E-state index contributed by atoms with van der Waals surface area (Å²) in [5.74, 6) is 0.208. The van der Waals surface area contributed by atoms with Gasteiger partial charge in [0.1, 0.15) is 11.4 Å². The molecule has 0 bridgehead atoms. The normalized spacial score (nSPS) is 14.2. The molecule has 0 saturated heterocycles. The van der Waals surface area contributed by atoms with Gasteiger partial charge in [-0.15, -0.1) is 0 Å². The van der Waals surface area contributed by atoms with Crippen molar-refractivity contribution in [2.75, 3.05) is 7.05 Å². The van der Waals surface area contributed by atoms with Crippen LogP contribution in [0, 0.1) is 6.92 Å². The summed E-state index contributed by atoms with van der Waals surface area (Å²) in [5, 5.41) is 12.1. The van der Waals surface area contributed by atoms with Gasteiger partial charge in [-0.25, -0.2) is 4.98 Å². The second-order valence-electron chi connectivity index (χ2n) is 5.64. The zero-order valence-electron chi connectivity index (χ0n) is 12.9. The predicted molar refractivity (Wildman–Crippen MR) is 83.4 cm³/mol. The van der Waals surface area contributed by atoms with Crippen molar-refractivity contribution in [3.8, 4) is 0 Å². The third-order valence-corrected chi connectivity index (χ3v) is 4.18. The molecule has 114 valence electrons. The van der Waals surface area contributed by atoms with Gasteiger partial charge < -0.3 is 15.0 Å². The molecule has 2 rings (SSSR count). The molecule has 5 heteroatoms. The molecule has 0 aliphatic rings. The van der Waals surface area contributed by atoms with E-state index in [2.05, 4.69) is 20.9 Å². The van der Waals surface area contributed by atoms with Gasteiger partial charge in [-0.1, -0.05) is 12.1 Å². The Bertz CT molecular complexity index is 635. The van der Waals surface area contributed by atoms with E-state index >= 15 is 0 Å². The van der Waals surface area contributed by atoms with E-state index in [1.54, 1.807) is 14.0 Å². The van der Waals surface area contributed by atoms with Crippen molar-refractivity contribution in [3.05, 3.63) is 30.1 Å². The van der Waals surface area contributed by atoms with Gasteiger partial charge in [0.15, 0.2) is 0 Å². The maximum absolute atomic E-state index is 11.2. The van der Waals surface area contributed by atoms with Crippen LogP contribution in [0.5, 0.6) is 0 Å². The van der Waals surface area contributed by atoms with Crippen LogP contribution in [-0.2, 0) is 11.3 Å². The van der Waals surface area contributed by atoms with Crippen molar-refractivity contribution < 1.29 is 9.90 Å². The number of unbranched alkanes of at least 4 members (excludes halogenated alkanes) is 1. The molecule has 0 saturated carbocycles. The zero-order chi connectivity index (χ0) is 15.5. The van der Waals surface area contributed by atoms with E-state index in [1.807, 2.05) is 25.1 Å². The van der Waals surface area contributed by atoms with E-state index in [1.165, 1.54) is 0 Å². The first-order chi connectivity index (χ1) is 9.98. The van der Waals surface area contributed by atoms with Crippen LogP contribution < -0.4 is 5.32 Å². The Hall–Kier alpha value is -1.88. The van der Waals surface area contributed by atoms with Crippen LogP contribution in [0.25, 0.3) is 11.0 Å². The fourth-order valence-corrected chi connectivity index (χ4v) is 2.57. The largest absolute Gasteiger partial charge is 0.480 e. The van der Waals surface area contributed by atoms with Gasteiger partial charge in [0.2, 0.25) is 0 Å². The average molecular weight is 289 g/mol. The number of hydrogen-bond donors (Lipinski definition) is 2. The van der Waals surface area contributed by atoms with Crippen LogP contribution in [0.2, 0.25) is 0 Å². The number of rotatable bonds is 7. The summed E-state index contributed by atoms with van der Waals surface area (Å²) < 4.78 is 2.20. The van der Waals surface area contributed by atoms with Crippen molar-refractivity contribution in [2.45, 2.75) is 45.2 Å². The number of nitrogens with one attached hydrogen (secondary N) is 1. The second kappa shape index (κ2) is 6.26. The number of benzene rings is 1. The fourth-order valence-electron chi connectivity index (χ4n) is 2.57. The summed E-state index contributed by atoms with van der Waals surface area (Å²) in [6.07, 6.45) is 2.41. The molecule has 1 aromatic carbocycles. The molecule has 2 N–H and O–H groups in total. The number of carbonyl (C=O) groups is 1. The predicted octanol–water partition coefficient (Wildman–Crippen LogP) is 2.58. The molecule has 0 amide bonds. The number of aryl methyl sites for hydroxylation is 2. The molecule has 0 aliphatic heterocycles. The number of carboxylic acids is 1. The van der Waals surface area contributed by atoms with Crippen LogP contribution in [-0.4, -0.2) is 33.2 Å². The van der Waals surface area contributed by atoms with Gasteiger partial charge >= 0.3 is 5.97 Å². The lowest BCUT2D eigenvalue weighted by Crippen LogP contribution is -2.47. The summed E-state index contributed by atoms with van der Waals surface area (Å²) in [6, 6.07) is 8.10. The lowest BCUT2D eigenvalue weighted by molar-refractivity contribution is -0.144. The second-order valence-corrected chi connectivity index (χ2v) is 5.64. The molecule has 1 aromatic heterocycles. The maximum Gasteiger partial charge on any atom is 0.323 e. The van der Waals surface area contributed by atoms with E-state index in [0.717, 1.165) is 36.2 Å². The molecule has 1 unspecified atom stereocenters. The summed E-state index contributed by atoms with van der Waals surface area (Å²) in [6.45, 7) is 4.61. The standard InChI is InChI=1S/C16H23N3O2/c1-12-18-13-8-4-5-9-14(13)19(12)11-7-6-10-16(2,17-3)15(20)21/h4-5,8-9,17H,6-7,10-11H2,1-3H3,(H,20,21). The highest BCUT2D eigenvalue weighted by atomic mass is 16.4. The van der Waals surface area contributed by atoms with Crippen molar-refractivity contribution in [1.29, 1.82) is 0 Å². The van der Waals surface area contributed by atoms with Gasteiger partial charge in [0.25, 0.3) is 0 Å². The third kappa shape index (κ3) is 3.24. The highest BCUT2D eigenvalue weighted by Crippen LogP contribution is 2.18. The SMILES string of the molecule is CNC(C)(CCCCn1c(C)nc2ccccc21)C(=O)O. The number of imidazole rings is 1. The average Bonchev–Trinajstić information content (AvgIpc) is 2.79. The summed E-state index contributed by atoms with van der Waals surface area (Å²) in [5.41, 5.74) is 1.32. The topological polar surface area (TPSA) is 67.2 Å². The first-order valence-corrected chi connectivity index (χ1v) is 7.32. The number of nitrogens with zero attached hydrogens (tertiary/aromatic N) is 2. The van der Waals surface area contributed by atoms with Crippen LogP contribution in [0.15, 0.2) is 24.3 Å². The smallest absolute Gasteiger partial charge is 0.323 e. The number of para-hydroxylation sites is 2. The van der Waals surface area contributed by atoms with Gasteiger partial charge in [-0.2, -0.15) is 0 Å². The van der Waals surface area contributed by atoms with Crippen LogP contribution in [0.4, 0.5) is 0 Å². The van der Waals surface area contributed by atoms with Gasteiger partial charge in [-0.3, -0.25) is 4.79 Å². The lowest BCUT2D eigenvalue weighted by Gasteiger charge is -2.24. The third-order valence-electron chi connectivity index (χ3n) is 4.18. The number of fused-ring (bicyclic) bond motifs is 1. The maximum atomic E-state index is 11.2. The van der Waals surface area contributed by atoms with Crippen LogP contribution in [0.1, 0.15) is 32.0 Å². The Morgan fingerprint density at radius 1 is 1.38 bits per heavy atom. The van der Waals surface area contributed by atoms with E-state index < -0.39 is 11.5 Å². The molecule has 5 nitrogen and oxygen atoms in total. The monoisotopic (exact) mass is 289 g/mol. The first-order valence-electron chi connectivity index (χ1n) is 7.32. The Morgan fingerprint density at radius 2 is 2.10 bits per heavy atom. The molecular formula is C16H23N3O2. The van der Waals surface area contributed by atoms with E-state index in [-0.39, 0.29) is 0 Å². The molecule has 0 fully saturated rings. The minimum absolute atomic E-state index is 0.616. The number of aromatic nitrogens is 2. The number of carboxylic acid groups (broad SMARTS) is 1. The van der Waals surface area contributed by atoms with Crippen molar-refractivity contribution in [1.82, 2.24) is 14.9 Å². The van der Waals surface area contributed by atoms with Crippen molar-refractivity contribution >= 4 is 17.0 Å². The van der Waals surface area contributed by atoms with E-state index in [9.17, 15) is 9.90 Å². The number of aliphatic carboxylic acids is 1. The van der Waals surface area contributed by atoms with Crippen LogP contribution in [0.3, 0.4) is 0 Å². The summed E-state index contributed by atoms with van der Waals surface area (Å²) in [4.78, 5) is 15.8. The molecule has 2 aromatic rings. The Balaban J connectivity index is 1.97. The molecule has 0 aliphatic carbocycles. The number of hydrogen-bond acceptors (Lipinski definition) is 3. The molecule has 0 radical (unpaired) electrons. The van der Waals surface area contributed by atoms with Crippen molar-refractivity contribution in [3.63, 3.8) is 0 Å². The summed E-state index contributed by atoms with van der Waals surface area (Å²) >= 11 is 0. The quantitative estimate of drug-likeness (QED) is 0.769. The van der Waals surface area contributed by atoms with E-state index in [4.69, 9.17) is 0 Å².